The van der Waals surface area contributed by atoms with Crippen LogP contribution in [0.5, 0.6) is 0 Å². The summed E-state index contributed by atoms with van der Waals surface area (Å²) in [5.74, 6) is -0.895. The molecule has 3 heteroatoms. The summed E-state index contributed by atoms with van der Waals surface area (Å²) >= 11 is 0. The van der Waals surface area contributed by atoms with Gasteiger partial charge in [-0.15, -0.1) is 0 Å². The van der Waals surface area contributed by atoms with Crippen LogP contribution in [0.4, 0.5) is 5.69 Å². The highest BCUT2D eigenvalue weighted by Gasteiger charge is 2.01. The minimum atomic E-state index is -0.895. The molecule has 18 heavy (non-hydrogen) atoms. The molecule has 0 radical (unpaired) electrons. The maximum absolute atomic E-state index is 10.7. The molecule has 3 nitrogen and oxygen atoms in total. The average Bonchev–Trinajstić information content (AvgIpc) is 2.37. The average molecular weight is 241 g/mol. The molecule has 2 N–H and O–H groups in total. The fraction of sp³-hybridized carbons (Fsp3) is 0.133. The normalized spacial score (nSPS) is 10.1. The van der Waals surface area contributed by atoms with E-state index in [2.05, 4.69) is 11.4 Å². The Morgan fingerprint density at radius 3 is 2.50 bits per heavy atom. The minimum absolute atomic E-state index is 0.314. The molecule has 0 aliphatic heterocycles. The molecule has 2 aromatic carbocycles. The summed E-state index contributed by atoms with van der Waals surface area (Å²) in [6.45, 7) is 2.73. The quantitative estimate of drug-likeness (QED) is 0.863. The van der Waals surface area contributed by atoms with Crippen molar-refractivity contribution in [2.45, 2.75) is 13.5 Å². The Bertz CT molecular complexity index is 547. The zero-order valence-electron chi connectivity index (χ0n) is 10.2. The number of carboxylic acid groups (broad SMARTS) is 1. The van der Waals surface area contributed by atoms with Gasteiger partial charge in [0.1, 0.15) is 0 Å². The highest BCUT2D eigenvalue weighted by Crippen LogP contribution is 2.12. The summed E-state index contributed by atoms with van der Waals surface area (Å²) in [4.78, 5) is 10.7. The summed E-state index contributed by atoms with van der Waals surface area (Å²) in [5, 5.41) is 12.1. The molecule has 0 fully saturated rings. The molecule has 0 unspecified atom stereocenters. The third kappa shape index (κ3) is 3.10. The first kappa shape index (κ1) is 12.2. The van der Waals surface area contributed by atoms with E-state index in [0.29, 0.717) is 12.1 Å². The molecule has 2 aromatic rings. The third-order valence-electron chi connectivity index (χ3n) is 2.72. The van der Waals surface area contributed by atoms with Gasteiger partial charge in [0, 0.05) is 12.2 Å². The van der Waals surface area contributed by atoms with E-state index in [0.717, 1.165) is 11.3 Å². The van der Waals surface area contributed by atoms with Gasteiger partial charge in [0.2, 0.25) is 0 Å². The fourth-order valence-electron chi connectivity index (χ4n) is 1.72. The number of benzene rings is 2. The lowest BCUT2D eigenvalue weighted by molar-refractivity contribution is 0.0697. The van der Waals surface area contributed by atoms with Crippen LogP contribution < -0.4 is 5.32 Å². The maximum atomic E-state index is 10.7. The largest absolute Gasteiger partial charge is 0.478 e. The Kier molecular flexibility index (Phi) is 3.63. The number of aromatic carboxylic acids is 1. The van der Waals surface area contributed by atoms with Crippen molar-refractivity contribution >= 4 is 11.7 Å². The molecule has 0 spiro atoms. The smallest absolute Gasteiger partial charge is 0.335 e. The van der Waals surface area contributed by atoms with E-state index in [4.69, 9.17) is 5.11 Å². The van der Waals surface area contributed by atoms with E-state index in [-0.39, 0.29) is 0 Å². The Labute approximate surface area is 106 Å². The van der Waals surface area contributed by atoms with Crippen LogP contribution in [0.1, 0.15) is 21.5 Å². The van der Waals surface area contributed by atoms with Gasteiger partial charge in [-0.05, 0) is 42.3 Å². The number of rotatable bonds is 4. The molecule has 0 heterocycles. The van der Waals surface area contributed by atoms with Crippen molar-refractivity contribution in [1.29, 1.82) is 0 Å². The molecule has 0 atom stereocenters. The van der Waals surface area contributed by atoms with Crippen LogP contribution in [0, 0.1) is 6.92 Å². The summed E-state index contributed by atoms with van der Waals surface area (Å²) in [6.07, 6.45) is 0. The predicted molar refractivity (Wildman–Crippen MR) is 71.9 cm³/mol. The first-order valence-corrected chi connectivity index (χ1v) is 5.78. The van der Waals surface area contributed by atoms with Crippen molar-refractivity contribution in [3.8, 4) is 0 Å². The monoisotopic (exact) mass is 241 g/mol. The van der Waals surface area contributed by atoms with Crippen LogP contribution in [0.25, 0.3) is 0 Å². The highest BCUT2D eigenvalue weighted by atomic mass is 16.4. The van der Waals surface area contributed by atoms with Gasteiger partial charge >= 0.3 is 5.97 Å². The van der Waals surface area contributed by atoms with Crippen molar-refractivity contribution < 1.29 is 9.90 Å². The van der Waals surface area contributed by atoms with Crippen LogP contribution in [-0.4, -0.2) is 11.1 Å². The SMILES string of the molecule is Cc1cccc(NCc2ccc(C(=O)O)cc2)c1. The van der Waals surface area contributed by atoms with Crippen LogP contribution in [0.3, 0.4) is 0 Å². The van der Waals surface area contributed by atoms with Crippen LogP contribution >= 0.6 is 0 Å². The van der Waals surface area contributed by atoms with E-state index in [1.165, 1.54) is 5.56 Å². The lowest BCUT2D eigenvalue weighted by Gasteiger charge is -2.07. The van der Waals surface area contributed by atoms with Crippen LogP contribution in [-0.2, 0) is 6.54 Å². The van der Waals surface area contributed by atoms with Gasteiger partial charge in [0.05, 0.1) is 5.56 Å². The molecule has 0 aliphatic rings. The third-order valence-corrected chi connectivity index (χ3v) is 2.72. The molecule has 0 amide bonds. The van der Waals surface area contributed by atoms with E-state index < -0.39 is 5.97 Å². The molecule has 2 rings (SSSR count). The van der Waals surface area contributed by atoms with Gasteiger partial charge < -0.3 is 10.4 Å². The summed E-state index contributed by atoms with van der Waals surface area (Å²) < 4.78 is 0. The highest BCUT2D eigenvalue weighted by molar-refractivity contribution is 5.87. The van der Waals surface area contributed by atoms with E-state index >= 15 is 0 Å². The molecule has 0 saturated heterocycles. The second-order valence-corrected chi connectivity index (χ2v) is 4.23. The van der Waals surface area contributed by atoms with Crippen molar-refractivity contribution in [3.05, 3.63) is 65.2 Å². The molecule has 0 bridgehead atoms. The minimum Gasteiger partial charge on any atom is -0.478 e. The number of anilines is 1. The molecule has 92 valence electrons. The summed E-state index contributed by atoms with van der Waals surface area (Å²) in [6, 6.07) is 15.0. The number of hydrogen-bond acceptors (Lipinski definition) is 2. The molecule has 0 aromatic heterocycles. The van der Waals surface area contributed by atoms with Crippen molar-refractivity contribution in [2.24, 2.45) is 0 Å². The van der Waals surface area contributed by atoms with E-state index in [1.54, 1.807) is 12.1 Å². The van der Waals surface area contributed by atoms with Gasteiger partial charge in [0.25, 0.3) is 0 Å². The molecule has 0 saturated carbocycles. The van der Waals surface area contributed by atoms with Gasteiger partial charge in [0.15, 0.2) is 0 Å². The van der Waals surface area contributed by atoms with E-state index in [9.17, 15) is 4.79 Å². The fourth-order valence-corrected chi connectivity index (χ4v) is 1.72. The number of nitrogens with one attached hydrogen (secondary N) is 1. The molecular formula is C15H15NO2. The number of carbonyl (C=O) groups is 1. The first-order chi connectivity index (χ1) is 8.65. The van der Waals surface area contributed by atoms with Gasteiger partial charge in [-0.25, -0.2) is 4.79 Å². The number of carboxylic acids is 1. The lowest BCUT2D eigenvalue weighted by Crippen LogP contribution is -2.01. The number of hydrogen-bond donors (Lipinski definition) is 2. The van der Waals surface area contributed by atoms with Crippen molar-refractivity contribution in [2.75, 3.05) is 5.32 Å². The topological polar surface area (TPSA) is 49.3 Å². The predicted octanol–water partition coefficient (Wildman–Crippen LogP) is 3.31. The van der Waals surface area contributed by atoms with Crippen LogP contribution in [0.2, 0.25) is 0 Å². The maximum Gasteiger partial charge on any atom is 0.335 e. The lowest BCUT2D eigenvalue weighted by atomic mass is 10.1. The van der Waals surface area contributed by atoms with E-state index in [1.807, 2.05) is 37.3 Å². The Morgan fingerprint density at radius 1 is 1.17 bits per heavy atom. The zero-order valence-corrected chi connectivity index (χ0v) is 10.2. The summed E-state index contributed by atoms with van der Waals surface area (Å²) in [5.41, 5.74) is 3.65. The van der Waals surface area contributed by atoms with Crippen molar-refractivity contribution in [3.63, 3.8) is 0 Å². The molecule has 0 aliphatic carbocycles. The Morgan fingerprint density at radius 2 is 1.89 bits per heavy atom. The van der Waals surface area contributed by atoms with Gasteiger partial charge in [-0.3, -0.25) is 0 Å². The number of aryl methyl sites for hydroxylation is 1. The standard InChI is InChI=1S/C15H15NO2/c1-11-3-2-4-14(9-11)16-10-12-5-7-13(8-6-12)15(17)18/h2-9,16H,10H2,1H3,(H,17,18). The van der Waals surface area contributed by atoms with Crippen LogP contribution in [0.15, 0.2) is 48.5 Å². The second kappa shape index (κ2) is 5.36. The molecular weight excluding hydrogens is 226 g/mol. The summed E-state index contributed by atoms with van der Waals surface area (Å²) in [7, 11) is 0. The Hall–Kier alpha value is -2.29. The second-order valence-electron chi connectivity index (χ2n) is 4.23. The zero-order chi connectivity index (χ0) is 13.0. The van der Waals surface area contributed by atoms with Gasteiger partial charge in [-0.1, -0.05) is 24.3 Å². The van der Waals surface area contributed by atoms with Gasteiger partial charge in [-0.2, -0.15) is 0 Å². The van der Waals surface area contributed by atoms with Crippen molar-refractivity contribution in [1.82, 2.24) is 0 Å². The first-order valence-electron chi connectivity index (χ1n) is 5.78. The Balaban J connectivity index is 2.00.